The number of benzene rings is 2. The van der Waals surface area contributed by atoms with Crippen molar-refractivity contribution in [3.05, 3.63) is 57.0 Å². The maximum absolute atomic E-state index is 5.78. The Morgan fingerprint density at radius 1 is 1.06 bits per heavy atom. The normalized spacial score (nSPS) is 10.3. The Bertz CT molecular complexity index is 529. The SMILES string of the molecule is ClCc1cccc(Oc2ccc(Br)cc2Br)c1. The van der Waals surface area contributed by atoms with E-state index in [1.165, 1.54) is 0 Å². The van der Waals surface area contributed by atoms with E-state index < -0.39 is 0 Å². The first-order valence-corrected chi connectivity index (χ1v) is 7.09. The molecule has 2 aromatic rings. The Labute approximate surface area is 122 Å². The summed E-state index contributed by atoms with van der Waals surface area (Å²) in [7, 11) is 0. The van der Waals surface area contributed by atoms with E-state index >= 15 is 0 Å². The second-order valence-corrected chi connectivity index (χ2v) is 5.50. The summed E-state index contributed by atoms with van der Waals surface area (Å²) in [6.45, 7) is 0. The fraction of sp³-hybridized carbons (Fsp3) is 0.0769. The van der Waals surface area contributed by atoms with Crippen LogP contribution in [0.3, 0.4) is 0 Å². The molecule has 2 rings (SSSR count). The highest BCUT2D eigenvalue weighted by atomic mass is 79.9. The van der Waals surface area contributed by atoms with Crippen molar-refractivity contribution in [2.24, 2.45) is 0 Å². The Balaban J connectivity index is 2.25. The van der Waals surface area contributed by atoms with Crippen LogP contribution in [0, 0.1) is 0 Å². The zero-order valence-electron chi connectivity index (χ0n) is 8.79. The summed E-state index contributed by atoms with van der Waals surface area (Å²) >= 11 is 12.6. The molecule has 0 amide bonds. The van der Waals surface area contributed by atoms with Crippen molar-refractivity contribution < 1.29 is 4.74 Å². The fourth-order valence-electron chi connectivity index (χ4n) is 1.38. The number of halogens is 3. The zero-order chi connectivity index (χ0) is 12.3. The van der Waals surface area contributed by atoms with Crippen LogP contribution in [0.15, 0.2) is 51.4 Å². The standard InChI is InChI=1S/C13H9Br2ClO/c14-10-4-5-13(12(15)7-10)17-11-3-1-2-9(6-11)8-16/h1-7H,8H2. The smallest absolute Gasteiger partial charge is 0.141 e. The van der Waals surface area contributed by atoms with Crippen molar-refractivity contribution in [2.75, 3.05) is 0 Å². The minimum atomic E-state index is 0.485. The lowest BCUT2D eigenvalue weighted by atomic mass is 10.2. The highest BCUT2D eigenvalue weighted by molar-refractivity contribution is 9.11. The highest BCUT2D eigenvalue weighted by Gasteiger charge is 2.03. The molecule has 4 heteroatoms. The molecule has 0 unspecified atom stereocenters. The summed E-state index contributed by atoms with van der Waals surface area (Å²) in [5, 5.41) is 0. The predicted octanol–water partition coefficient (Wildman–Crippen LogP) is 5.74. The third-order valence-electron chi connectivity index (χ3n) is 2.17. The Hall–Kier alpha value is -0.510. The summed E-state index contributed by atoms with van der Waals surface area (Å²) in [6.07, 6.45) is 0. The topological polar surface area (TPSA) is 9.23 Å². The van der Waals surface area contributed by atoms with Gasteiger partial charge in [0.25, 0.3) is 0 Å². The first-order chi connectivity index (χ1) is 8.19. The average molecular weight is 376 g/mol. The van der Waals surface area contributed by atoms with Crippen molar-refractivity contribution >= 4 is 43.5 Å². The summed E-state index contributed by atoms with van der Waals surface area (Å²) in [5.74, 6) is 2.05. The van der Waals surface area contributed by atoms with Crippen LogP contribution in [0.4, 0.5) is 0 Å². The van der Waals surface area contributed by atoms with E-state index in [0.717, 1.165) is 26.0 Å². The first kappa shape index (κ1) is 12.9. The largest absolute Gasteiger partial charge is 0.456 e. The van der Waals surface area contributed by atoms with Gasteiger partial charge < -0.3 is 4.74 Å². The molecule has 0 N–H and O–H groups in total. The van der Waals surface area contributed by atoms with Crippen molar-refractivity contribution in [1.82, 2.24) is 0 Å². The molecule has 2 aromatic carbocycles. The monoisotopic (exact) mass is 374 g/mol. The van der Waals surface area contributed by atoms with Crippen molar-refractivity contribution in [1.29, 1.82) is 0 Å². The zero-order valence-corrected chi connectivity index (χ0v) is 12.7. The van der Waals surface area contributed by atoms with Gasteiger partial charge in [-0.25, -0.2) is 0 Å². The molecule has 0 aliphatic carbocycles. The molecule has 1 nitrogen and oxygen atoms in total. The molecule has 0 radical (unpaired) electrons. The van der Waals surface area contributed by atoms with Crippen molar-refractivity contribution in [3.8, 4) is 11.5 Å². The van der Waals surface area contributed by atoms with Gasteiger partial charge in [-0.15, -0.1) is 11.6 Å². The van der Waals surface area contributed by atoms with E-state index in [9.17, 15) is 0 Å². The van der Waals surface area contributed by atoms with Crippen molar-refractivity contribution in [3.63, 3.8) is 0 Å². The molecule has 17 heavy (non-hydrogen) atoms. The average Bonchev–Trinajstić information content (AvgIpc) is 2.33. The van der Waals surface area contributed by atoms with Crippen LogP contribution < -0.4 is 4.74 Å². The van der Waals surface area contributed by atoms with Crippen LogP contribution in [-0.4, -0.2) is 0 Å². The molecule has 0 aliphatic heterocycles. The van der Waals surface area contributed by atoms with Gasteiger partial charge in [0.05, 0.1) is 4.47 Å². The Morgan fingerprint density at radius 2 is 1.88 bits per heavy atom. The molecule has 0 heterocycles. The minimum Gasteiger partial charge on any atom is -0.456 e. The van der Waals surface area contributed by atoms with Crippen LogP contribution in [0.1, 0.15) is 5.56 Å². The summed E-state index contributed by atoms with van der Waals surface area (Å²) < 4.78 is 7.69. The van der Waals surface area contributed by atoms with Gasteiger partial charge in [0, 0.05) is 10.4 Å². The van der Waals surface area contributed by atoms with Gasteiger partial charge in [-0.1, -0.05) is 28.1 Å². The molecule has 0 atom stereocenters. The highest BCUT2D eigenvalue weighted by Crippen LogP contribution is 2.32. The van der Waals surface area contributed by atoms with Crippen molar-refractivity contribution in [2.45, 2.75) is 5.88 Å². The number of hydrogen-bond acceptors (Lipinski definition) is 1. The predicted molar refractivity (Wildman–Crippen MR) is 77.9 cm³/mol. The van der Waals surface area contributed by atoms with Crippen LogP contribution in [0.5, 0.6) is 11.5 Å². The second kappa shape index (κ2) is 5.89. The quantitative estimate of drug-likeness (QED) is 0.621. The van der Waals surface area contributed by atoms with E-state index in [-0.39, 0.29) is 0 Å². The van der Waals surface area contributed by atoms with Crippen LogP contribution in [0.2, 0.25) is 0 Å². The minimum absolute atomic E-state index is 0.485. The Kier molecular flexibility index (Phi) is 4.48. The lowest BCUT2D eigenvalue weighted by molar-refractivity contribution is 0.479. The van der Waals surface area contributed by atoms with Gasteiger partial charge in [0.15, 0.2) is 0 Å². The molecular weight excluding hydrogens is 367 g/mol. The number of rotatable bonds is 3. The third kappa shape index (κ3) is 3.47. The molecule has 0 saturated carbocycles. The van der Waals surface area contributed by atoms with E-state index in [0.29, 0.717) is 5.88 Å². The van der Waals surface area contributed by atoms with Gasteiger partial charge in [0.1, 0.15) is 11.5 Å². The third-order valence-corrected chi connectivity index (χ3v) is 3.60. The number of ether oxygens (including phenoxy) is 1. The summed E-state index contributed by atoms with van der Waals surface area (Å²) in [4.78, 5) is 0. The summed E-state index contributed by atoms with van der Waals surface area (Å²) in [5.41, 5.74) is 1.04. The molecular formula is C13H9Br2ClO. The Morgan fingerprint density at radius 3 is 2.59 bits per heavy atom. The molecule has 0 saturated heterocycles. The molecule has 0 aliphatic rings. The lowest BCUT2D eigenvalue weighted by Gasteiger charge is -2.08. The number of alkyl halides is 1. The van der Waals surface area contributed by atoms with E-state index in [2.05, 4.69) is 31.9 Å². The van der Waals surface area contributed by atoms with Gasteiger partial charge in [-0.3, -0.25) is 0 Å². The second-order valence-electron chi connectivity index (χ2n) is 3.46. The van der Waals surface area contributed by atoms with E-state index in [4.69, 9.17) is 16.3 Å². The number of hydrogen-bond donors (Lipinski definition) is 0. The van der Waals surface area contributed by atoms with E-state index in [1.54, 1.807) is 0 Å². The van der Waals surface area contributed by atoms with Crippen LogP contribution in [0.25, 0.3) is 0 Å². The molecule has 0 bridgehead atoms. The van der Waals surface area contributed by atoms with Gasteiger partial charge in [-0.05, 0) is 51.8 Å². The van der Waals surface area contributed by atoms with Gasteiger partial charge in [-0.2, -0.15) is 0 Å². The lowest BCUT2D eigenvalue weighted by Crippen LogP contribution is -1.87. The maximum atomic E-state index is 5.78. The molecule has 0 spiro atoms. The fourth-order valence-corrected chi connectivity index (χ4v) is 2.67. The molecule has 88 valence electrons. The summed E-state index contributed by atoms with van der Waals surface area (Å²) in [6, 6.07) is 13.5. The van der Waals surface area contributed by atoms with Gasteiger partial charge in [0.2, 0.25) is 0 Å². The van der Waals surface area contributed by atoms with Crippen LogP contribution >= 0.6 is 43.5 Å². The molecule has 0 fully saturated rings. The van der Waals surface area contributed by atoms with Gasteiger partial charge >= 0.3 is 0 Å². The first-order valence-electron chi connectivity index (χ1n) is 4.97. The maximum Gasteiger partial charge on any atom is 0.141 e. The molecule has 0 aromatic heterocycles. The van der Waals surface area contributed by atoms with E-state index in [1.807, 2.05) is 42.5 Å². The van der Waals surface area contributed by atoms with Crippen LogP contribution in [-0.2, 0) is 5.88 Å².